The number of guanidine groups is 1. The highest BCUT2D eigenvalue weighted by Gasteiger charge is 2.00. The third-order valence-corrected chi connectivity index (χ3v) is 2.59. The van der Waals surface area contributed by atoms with Crippen LogP contribution in [0.4, 0.5) is 0 Å². The SMILES string of the molecule is CCNC(=NCCOc1cc(C)cc(C)c1)NC(C)C. The molecule has 1 aromatic rings. The molecule has 0 radical (unpaired) electrons. The van der Waals surface area contributed by atoms with Gasteiger partial charge in [0.05, 0.1) is 6.54 Å². The van der Waals surface area contributed by atoms with Crippen molar-refractivity contribution < 1.29 is 4.74 Å². The standard InChI is InChI=1S/C16H27N3O/c1-6-17-16(19-12(2)3)18-7-8-20-15-10-13(4)9-14(5)11-15/h9-12H,6-8H2,1-5H3,(H2,17,18,19). The third-order valence-electron chi connectivity index (χ3n) is 2.59. The minimum atomic E-state index is 0.369. The smallest absolute Gasteiger partial charge is 0.191 e. The van der Waals surface area contributed by atoms with Crippen molar-refractivity contribution in [2.24, 2.45) is 4.99 Å². The molecule has 0 heterocycles. The Labute approximate surface area is 122 Å². The first kappa shape index (κ1) is 16.3. The Bertz CT molecular complexity index is 421. The van der Waals surface area contributed by atoms with Crippen molar-refractivity contribution in [2.75, 3.05) is 19.7 Å². The maximum atomic E-state index is 5.74. The van der Waals surface area contributed by atoms with Gasteiger partial charge < -0.3 is 15.4 Å². The minimum absolute atomic E-state index is 0.369. The van der Waals surface area contributed by atoms with E-state index in [4.69, 9.17) is 4.74 Å². The molecule has 0 bridgehead atoms. The Balaban J connectivity index is 2.45. The molecule has 0 unspecified atom stereocenters. The second kappa shape index (κ2) is 8.46. The van der Waals surface area contributed by atoms with Crippen molar-refractivity contribution in [1.82, 2.24) is 10.6 Å². The van der Waals surface area contributed by atoms with E-state index in [2.05, 4.69) is 56.3 Å². The molecule has 0 atom stereocenters. The zero-order valence-electron chi connectivity index (χ0n) is 13.3. The first-order valence-corrected chi connectivity index (χ1v) is 7.27. The Morgan fingerprint density at radius 1 is 1.20 bits per heavy atom. The Morgan fingerprint density at radius 2 is 1.85 bits per heavy atom. The van der Waals surface area contributed by atoms with E-state index < -0.39 is 0 Å². The second-order valence-corrected chi connectivity index (χ2v) is 5.23. The highest BCUT2D eigenvalue weighted by atomic mass is 16.5. The first-order chi connectivity index (χ1) is 9.51. The molecule has 4 nitrogen and oxygen atoms in total. The molecule has 0 aliphatic heterocycles. The molecule has 0 aromatic heterocycles. The molecule has 1 rings (SSSR count). The summed E-state index contributed by atoms with van der Waals surface area (Å²) in [6, 6.07) is 6.61. The summed E-state index contributed by atoms with van der Waals surface area (Å²) in [5.41, 5.74) is 2.44. The lowest BCUT2D eigenvalue weighted by Gasteiger charge is -2.14. The van der Waals surface area contributed by atoms with Crippen molar-refractivity contribution in [3.63, 3.8) is 0 Å². The number of nitrogens with zero attached hydrogens (tertiary/aromatic N) is 1. The lowest BCUT2D eigenvalue weighted by Crippen LogP contribution is -2.41. The molecular weight excluding hydrogens is 250 g/mol. The fourth-order valence-corrected chi connectivity index (χ4v) is 1.93. The van der Waals surface area contributed by atoms with Crippen LogP contribution in [-0.4, -0.2) is 31.7 Å². The van der Waals surface area contributed by atoms with Crippen molar-refractivity contribution in [3.05, 3.63) is 29.3 Å². The molecule has 112 valence electrons. The monoisotopic (exact) mass is 277 g/mol. The number of aryl methyl sites for hydroxylation is 2. The summed E-state index contributed by atoms with van der Waals surface area (Å²) >= 11 is 0. The number of aliphatic imine (C=N–C) groups is 1. The molecular formula is C16H27N3O. The van der Waals surface area contributed by atoms with E-state index in [0.29, 0.717) is 19.2 Å². The van der Waals surface area contributed by atoms with Crippen molar-refractivity contribution in [3.8, 4) is 5.75 Å². The molecule has 1 aromatic carbocycles. The van der Waals surface area contributed by atoms with Gasteiger partial charge in [-0.25, -0.2) is 4.99 Å². The molecule has 0 aliphatic carbocycles. The molecule has 0 fully saturated rings. The van der Waals surface area contributed by atoms with Gasteiger partial charge in [-0.2, -0.15) is 0 Å². The lowest BCUT2D eigenvalue weighted by molar-refractivity contribution is 0.328. The molecule has 2 N–H and O–H groups in total. The summed E-state index contributed by atoms with van der Waals surface area (Å²) in [6.07, 6.45) is 0. The van der Waals surface area contributed by atoms with Crippen molar-refractivity contribution in [2.45, 2.75) is 40.7 Å². The number of benzene rings is 1. The van der Waals surface area contributed by atoms with Crippen LogP contribution in [0.5, 0.6) is 5.75 Å². The largest absolute Gasteiger partial charge is 0.492 e. The van der Waals surface area contributed by atoms with Gasteiger partial charge in [-0.15, -0.1) is 0 Å². The number of nitrogens with one attached hydrogen (secondary N) is 2. The van der Waals surface area contributed by atoms with Gasteiger partial charge in [0.2, 0.25) is 0 Å². The summed E-state index contributed by atoms with van der Waals surface area (Å²) in [5, 5.41) is 6.50. The fourth-order valence-electron chi connectivity index (χ4n) is 1.93. The first-order valence-electron chi connectivity index (χ1n) is 7.27. The zero-order valence-corrected chi connectivity index (χ0v) is 13.3. The molecule has 0 saturated carbocycles. The van der Waals surface area contributed by atoms with Crippen molar-refractivity contribution in [1.29, 1.82) is 0 Å². The summed E-state index contributed by atoms with van der Waals surface area (Å²) in [7, 11) is 0. The van der Waals surface area contributed by atoms with Gasteiger partial charge >= 0.3 is 0 Å². The van der Waals surface area contributed by atoms with Crippen LogP contribution in [0.1, 0.15) is 31.9 Å². The molecule has 0 amide bonds. The predicted molar refractivity (Wildman–Crippen MR) is 85.7 cm³/mol. The van der Waals surface area contributed by atoms with E-state index in [1.165, 1.54) is 11.1 Å². The Kier molecular flexibility index (Phi) is 6.91. The second-order valence-electron chi connectivity index (χ2n) is 5.23. The Morgan fingerprint density at radius 3 is 2.40 bits per heavy atom. The van der Waals surface area contributed by atoms with Crippen LogP contribution >= 0.6 is 0 Å². The van der Waals surface area contributed by atoms with Crippen LogP contribution in [0.3, 0.4) is 0 Å². The van der Waals surface area contributed by atoms with Crippen LogP contribution < -0.4 is 15.4 Å². The van der Waals surface area contributed by atoms with Crippen LogP contribution in [-0.2, 0) is 0 Å². The molecule has 20 heavy (non-hydrogen) atoms. The number of hydrogen-bond acceptors (Lipinski definition) is 2. The Hall–Kier alpha value is -1.71. The quantitative estimate of drug-likeness (QED) is 0.477. The van der Waals surface area contributed by atoms with Crippen molar-refractivity contribution >= 4 is 5.96 Å². The average molecular weight is 277 g/mol. The van der Waals surface area contributed by atoms with Gasteiger partial charge in [-0.05, 0) is 57.9 Å². The number of rotatable bonds is 6. The van der Waals surface area contributed by atoms with Gasteiger partial charge in [0, 0.05) is 12.6 Å². The van der Waals surface area contributed by atoms with E-state index in [1.54, 1.807) is 0 Å². The molecule has 0 aliphatic rings. The third kappa shape index (κ3) is 6.45. The molecule has 4 heteroatoms. The average Bonchev–Trinajstić information content (AvgIpc) is 2.33. The van der Waals surface area contributed by atoms with Crippen LogP contribution in [0, 0.1) is 13.8 Å². The molecule has 0 saturated heterocycles. The minimum Gasteiger partial charge on any atom is -0.492 e. The number of hydrogen-bond donors (Lipinski definition) is 2. The fraction of sp³-hybridized carbons (Fsp3) is 0.562. The van der Waals surface area contributed by atoms with Gasteiger partial charge in [-0.3, -0.25) is 0 Å². The van der Waals surface area contributed by atoms with Gasteiger partial charge in [0.15, 0.2) is 5.96 Å². The van der Waals surface area contributed by atoms with Crippen LogP contribution in [0.2, 0.25) is 0 Å². The zero-order chi connectivity index (χ0) is 15.0. The normalized spacial score (nSPS) is 11.6. The maximum absolute atomic E-state index is 5.74. The van der Waals surface area contributed by atoms with E-state index in [0.717, 1.165) is 18.3 Å². The highest BCUT2D eigenvalue weighted by Crippen LogP contribution is 2.15. The lowest BCUT2D eigenvalue weighted by atomic mass is 10.1. The van der Waals surface area contributed by atoms with Gasteiger partial charge in [0.25, 0.3) is 0 Å². The summed E-state index contributed by atoms with van der Waals surface area (Å²) in [5.74, 6) is 1.76. The van der Waals surface area contributed by atoms with Gasteiger partial charge in [-0.1, -0.05) is 6.07 Å². The summed E-state index contributed by atoms with van der Waals surface area (Å²) < 4.78 is 5.74. The summed E-state index contributed by atoms with van der Waals surface area (Å²) in [6.45, 7) is 12.5. The highest BCUT2D eigenvalue weighted by molar-refractivity contribution is 5.79. The van der Waals surface area contributed by atoms with Crippen LogP contribution in [0.25, 0.3) is 0 Å². The van der Waals surface area contributed by atoms with E-state index in [-0.39, 0.29) is 0 Å². The molecule has 0 spiro atoms. The maximum Gasteiger partial charge on any atom is 0.191 e. The topological polar surface area (TPSA) is 45.7 Å². The van der Waals surface area contributed by atoms with E-state index in [9.17, 15) is 0 Å². The van der Waals surface area contributed by atoms with E-state index in [1.807, 2.05) is 12.1 Å². The van der Waals surface area contributed by atoms with Crippen LogP contribution in [0.15, 0.2) is 23.2 Å². The van der Waals surface area contributed by atoms with E-state index >= 15 is 0 Å². The summed E-state index contributed by atoms with van der Waals surface area (Å²) in [4.78, 5) is 4.48. The number of ether oxygens (including phenoxy) is 1. The predicted octanol–water partition coefficient (Wildman–Crippen LogP) is 2.65. The van der Waals surface area contributed by atoms with Gasteiger partial charge in [0.1, 0.15) is 12.4 Å².